The quantitative estimate of drug-likeness (QED) is 0.0267. The maximum Gasteiger partial charge on any atom is 0.306 e. The number of allylic oxidation sites excluding steroid dienone is 18. The van der Waals surface area contributed by atoms with Crippen molar-refractivity contribution in [2.45, 2.75) is 187 Å². The number of esters is 3. The number of rotatable bonds is 39. The van der Waals surface area contributed by atoms with E-state index in [9.17, 15) is 14.4 Å². The third-order valence-electron chi connectivity index (χ3n) is 8.99. The third-order valence-corrected chi connectivity index (χ3v) is 8.99. The summed E-state index contributed by atoms with van der Waals surface area (Å²) >= 11 is 0. The van der Waals surface area contributed by atoms with Crippen LogP contribution < -0.4 is 0 Å². The zero-order valence-corrected chi connectivity index (χ0v) is 37.0. The summed E-state index contributed by atoms with van der Waals surface area (Å²) in [6, 6.07) is 0. The molecule has 326 valence electrons. The van der Waals surface area contributed by atoms with Gasteiger partial charge in [-0.25, -0.2) is 0 Å². The molecule has 0 radical (unpaired) electrons. The summed E-state index contributed by atoms with van der Waals surface area (Å²) in [5.41, 5.74) is 0. The van der Waals surface area contributed by atoms with E-state index in [0.717, 1.165) is 109 Å². The highest BCUT2D eigenvalue weighted by Gasteiger charge is 2.19. The molecule has 1 atom stereocenters. The fourth-order valence-corrected chi connectivity index (χ4v) is 5.60. The minimum absolute atomic E-state index is 0.124. The fraction of sp³-hybridized carbons (Fsp3) is 0.596. The van der Waals surface area contributed by atoms with Gasteiger partial charge >= 0.3 is 17.9 Å². The maximum absolute atomic E-state index is 12.7. The van der Waals surface area contributed by atoms with Gasteiger partial charge in [0.25, 0.3) is 0 Å². The molecule has 0 aromatic rings. The molecule has 58 heavy (non-hydrogen) atoms. The topological polar surface area (TPSA) is 78.9 Å². The Morgan fingerprint density at radius 2 is 0.690 bits per heavy atom. The predicted molar refractivity (Wildman–Crippen MR) is 247 cm³/mol. The van der Waals surface area contributed by atoms with Gasteiger partial charge < -0.3 is 14.2 Å². The van der Waals surface area contributed by atoms with Gasteiger partial charge in [-0.3, -0.25) is 14.4 Å². The molecule has 0 aliphatic heterocycles. The summed E-state index contributed by atoms with van der Waals surface area (Å²) in [7, 11) is 0. The molecule has 0 spiro atoms. The fourth-order valence-electron chi connectivity index (χ4n) is 5.60. The first-order valence-electron chi connectivity index (χ1n) is 22.9. The average Bonchev–Trinajstić information content (AvgIpc) is 3.22. The Bertz CT molecular complexity index is 1240. The highest BCUT2D eigenvalue weighted by Crippen LogP contribution is 2.11. The number of unbranched alkanes of at least 4 members (excludes halogenated alkanes) is 10. The molecular formula is C52H82O6. The van der Waals surface area contributed by atoms with Crippen LogP contribution in [0.15, 0.2) is 109 Å². The van der Waals surface area contributed by atoms with Crippen molar-refractivity contribution < 1.29 is 28.6 Å². The van der Waals surface area contributed by atoms with E-state index in [1.165, 1.54) is 25.7 Å². The van der Waals surface area contributed by atoms with Crippen LogP contribution in [0.5, 0.6) is 0 Å². The Hall–Kier alpha value is -3.93. The van der Waals surface area contributed by atoms with Gasteiger partial charge in [0, 0.05) is 19.3 Å². The van der Waals surface area contributed by atoms with Crippen molar-refractivity contribution in [2.75, 3.05) is 13.2 Å². The second-order valence-electron chi connectivity index (χ2n) is 14.5. The molecule has 0 rings (SSSR count). The molecule has 0 bridgehead atoms. The molecule has 0 heterocycles. The van der Waals surface area contributed by atoms with E-state index in [1.807, 2.05) is 0 Å². The second-order valence-corrected chi connectivity index (χ2v) is 14.5. The highest BCUT2D eigenvalue weighted by molar-refractivity contribution is 5.71. The molecule has 0 aromatic carbocycles. The summed E-state index contributed by atoms with van der Waals surface area (Å²) in [5.74, 6) is -1.05. The Balaban J connectivity index is 4.53. The lowest BCUT2D eigenvalue weighted by atomic mass is 10.1. The molecule has 0 saturated carbocycles. The first-order chi connectivity index (χ1) is 28.5. The van der Waals surface area contributed by atoms with Crippen LogP contribution in [0.3, 0.4) is 0 Å². The van der Waals surface area contributed by atoms with Crippen LogP contribution in [-0.4, -0.2) is 37.2 Å². The van der Waals surface area contributed by atoms with Crippen LogP contribution in [0, 0.1) is 0 Å². The Kier molecular flexibility index (Phi) is 42.7. The third kappa shape index (κ3) is 43.2. The smallest absolute Gasteiger partial charge is 0.306 e. The van der Waals surface area contributed by atoms with Crippen molar-refractivity contribution in [3.63, 3.8) is 0 Å². The molecule has 6 nitrogen and oxygen atoms in total. The summed E-state index contributed by atoms with van der Waals surface area (Å²) in [5, 5.41) is 0. The summed E-state index contributed by atoms with van der Waals surface area (Å²) in [6.07, 6.45) is 60.9. The molecule has 0 amide bonds. The minimum atomic E-state index is -0.824. The van der Waals surface area contributed by atoms with E-state index in [2.05, 4.69) is 130 Å². The van der Waals surface area contributed by atoms with Crippen molar-refractivity contribution in [3.8, 4) is 0 Å². The minimum Gasteiger partial charge on any atom is -0.462 e. The molecule has 0 aromatic heterocycles. The van der Waals surface area contributed by atoms with Gasteiger partial charge in [-0.1, -0.05) is 156 Å². The van der Waals surface area contributed by atoms with Gasteiger partial charge in [-0.2, -0.15) is 0 Å². The first kappa shape index (κ1) is 54.1. The summed E-state index contributed by atoms with van der Waals surface area (Å²) in [6.45, 7) is 6.24. The second kappa shape index (κ2) is 45.8. The molecule has 0 fully saturated rings. The number of carbonyl (C=O) groups excluding carboxylic acids is 3. The van der Waals surface area contributed by atoms with Crippen molar-refractivity contribution in [1.29, 1.82) is 0 Å². The van der Waals surface area contributed by atoms with Gasteiger partial charge in [0.2, 0.25) is 0 Å². The Labute approximate surface area is 355 Å². The normalized spacial score (nSPS) is 13.1. The zero-order chi connectivity index (χ0) is 42.3. The average molecular weight is 803 g/mol. The van der Waals surface area contributed by atoms with Crippen LogP contribution in [0.1, 0.15) is 181 Å². The molecule has 1 unspecified atom stereocenters. The van der Waals surface area contributed by atoms with Gasteiger partial charge in [-0.15, -0.1) is 0 Å². The van der Waals surface area contributed by atoms with Crippen LogP contribution >= 0.6 is 0 Å². The van der Waals surface area contributed by atoms with E-state index < -0.39 is 6.10 Å². The molecular weight excluding hydrogens is 721 g/mol. The monoisotopic (exact) mass is 803 g/mol. The van der Waals surface area contributed by atoms with Gasteiger partial charge in [-0.05, 0) is 116 Å². The van der Waals surface area contributed by atoms with Crippen molar-refractivity contribution in [2.24, 2.45) is 0 Å². The molecule has 0 aliphatic carbocycles. The molecule has 0 N–H and O–H groups in total. The number of hydrogen-bond donors (Lipinski definition) is 0. The SMILES string of the molecule is CC/C=C\C/C=C\C/C=C\CCCCCCC(=O)OC(COC(=O)CCC/C=C\C/C=C\C/C=C\C/C=C\CCCCC)COC(=O)CCCC/C=C\C/C=C\CC. The van der Waals surface area contributed by atoms with Gasteiger partial charge in [0.05, 0.1) is 0 Å². The van der Waals surface area contributed by atoms with Crippen molar-refractivity contribution >= 4 is 17.9 Å². The Morgan fingerprint density at radius 1 is 0.362 bits per heavy atom. The van der Waals surface area contributed by atoms with E-state index in [0.29, 0.717) is 12.8 Å². The Morgan fingerprint density at radius 3 is 1.14 bits per heavy atom. The van der Waals surface area contributed by atoms with E-state index in [-0.39, 0.29) is 44.0 Å². The van der Waals surface area contributed by atoms with E-state index in [1.54, 1.807) is 0 Å². The molecule has 0 saturated heterocycles. The maximum atomic E-state index is 12.7. The molecule has 0 aliphatic rings. The number of hydrogen-bond acceptors (Lipinski definition) is 6. The standard InChI is InChI=1S/C52H82O6/c1-4-7-10-13-16-19-21-23-25-26-27-29-30-33-36-39-42-45-51(54)57-48-49(47-56-50(53)44-41-38-35-32-18-15-12-9-6-3)58-52(55)46-43-40-37-34-31-28-24-22-20-17-14-11-8-5-2/h8-9,11-12,16-20,23-25,27-29,32-33,36,49H,4-7,10,13-15,21-22,26,30-31,34-35,37-48H2,1-3H3/b11-8-,12-9-,19-16-,20-17-,25-23-,28-24-,29-27-,32-18-,36-33-. The predicted octanol–water partition coefficient (Wildman–Crippen LogP) is 14.8. The van der Waals surface area contributed by atoms with Crippen LogP contribution in [0.2, 0.25) is 0 Å². The van der Waals surface area contributed by atoms with E-state index in [4.69, 9.17) is 14.2 Å². The lowest BCUT2D eigenvalue weighted by molar-refractivity contribution is -0.167. The zero-order valence-electron chi connectivity index (χ0n) is 37.0. The number of ether oxygens (including phenoxy) is 3. The lowest BCUT2D eigenvalue weighted by Gasteiger charge is -2.18. The van der Waals surface area contributed by atoms with Crippen LogP contribution in [-0.2, 0) is 28.6 Å². The highest BCUT2D eigenvalue weighted by atomic mass is 16.6. The van der Waals surface area contributed by atoms with E-state index >= 15 is 0 Å². The van der Waals surface area contributed by atoms with Crippen LogP contribution in [0.25, 0.3) is 0 Å². The number of carbonyl (C=O) groups is 3. The van der Waals surface area contributed by atoms with Crippen molar-refractivity contribution in [3.05, 3.63) is 109 Å². The molecule has 6 heteroatoms. The largest absolute Gasteiger partial charge is 0.462 e. The van der Waals surface area contributed by atoms with Gasteiger partial charge in [0.1, 0.15) is 13.2 Å². The summed E-state index contributed by atoms with van der Waals surface area (Å²) in [4.78, 5) is 37.7. The van der Waals surface area contributed by atoms with Crippen molar-refractivity contribution in [1.82, 2.24) is 0 Å². The van der Waals surface area contributed by atoms with Gasteiger partial charge in [0.15, 0.2) is 6.10 Å². The van der Waals surface area contributed by atoms with Crippen LogP contribution in [0.4, 0.5) is 0 Å². The summed E-state index contributed by atoms with van der Waals surface area (Å²) < 4.78 is 16.6. The first-order valence-corrected chi connectivity index (χ1v) is 22.9. The lowest BCUT2D eigenvalue weighted by Crippen LogP contribution is -2.30.